The van der Waals surface area contributed by atoms with Crippen LogP contribution >= 0.6 is 24.0 Å². The number of guanidine groups is 1. The summed E-state index contributed by atoms with van der Waals surface area (Å²) in [7, 11) is 3.54. The van der Waals surface area contributed by atoms with Gasteiger partial charge in [-0.3, -0.25) is 4.99 Å². The second kappa shape index (κ2) is 12.3. The molecular weight excluding hydrogens is 515 g/mol. The molecule has 32 heavy (non-hydrogen) atoms. The van der Waals surface area contributed by atoms with Crippen LogP contribution in [0, 0.1) is 0 Å². The number of aliphatic imine (C=N–C) groups is 1. The summed E-state index contributed by atoms with van der Waals surface area (Å²) < 4.78 is 11.4. The predicted molar refractivity (Wildman–Crippen MR) is 143 cm³/mol. The minimum absolute atomic E-state index is 0. The van der Waals surface area contributed by atoms with Crippen LogP contribution in [-0.2, 0) is 17.9 Å². The van der Waals surface area contributed by atoms with E-state index in [0.717, 1.165) is 36.9 Å². The summed E-state index contributed by atoms with van der Waals surface area (Å²) in [6.07, 6.45) is 1.05. The van der Waals surface area contributed by atoms with Crippen molar-refractivity contribution < 1.29 is 9.47 Å². The number of rotatable bonds is 7. The Balaban J connectivity index is 0.00000363. The molecular formula is C25H37IN4O2. The number of nitrogens with one attached hydrogen (secondary N) is 2. The third-order valence-corrected chi connectivity index (χ3v) is 5.30. The van der Waals surface area contributed by atoms with Gasteiger partial charge in [0.1, 0.15) is 5.75 Å². The fourth-order valence-corrected chi connectivity index (χ4v) is 3.69. The average molecular weight is 553 g/mol. The number of methoxy groups -OCH3 is 1. The van der Waals surface area contributed by atoms with Gasteiger partial charge in [0, 0.05) is 32.7 Å². The number of halogens is 1. The SMILES string of the molecule is CN=C(NCc1cccc(COC(C)(C)C)c1)NC1CCN(c2ccccc2OC)C1.I. The standard InChI is InChI=1S/C25H36N4O2.HI/c1-25(2,3)31-18-20-10-8-9-19(15-20)16-27-24(26-4)28-21-13-14-29(17-21)22-11-6-7-12-23(22)30-5;/h6-12,15,21H,13-14,16-18H2,1-5H3,(H2,26,27,28);1H. The molecule has 1 saturated heterocycles. The molecule has 2 aromatic carbocycles. The molecule has 1 aliphatic heterocycles. The third-order valence-electron chi connectivity index (χ3n) is 5.30. The molecule has 1 heterocycles. The lowest BCUT2D eigenvalue weighted by Gasteiger charge is -2.22. The zero-order valence-electron chi connectivity index (χ0n) is 19.9. The minimum Gasteiger partial charge on any atom is -0.495 e. The summed E-state index contributed by atoms with van der Waals surface area (Å²) in [5.41, 5.74) is 3.39. The van der Waals surface area contributed by atoms with E-state index in [1.165, 1.54) is 11.1 Å². The maximum atomic E-state index is 5.90. The van der Waals surface area contributed by atoms with Gasteiger partial charge in [-0.05, 0) is 50.5 Å². The first-order chi connectivity index (χ1) is 14.9. The Bertz CT molecular complexity index is 882. The van der Waals surface area contributed by atoms with Gasteiger partial charge < -0.3 is 25.0 Å². The van der Waals surface area contributed by atoms with Gasteiger partial charge >= 0.3 is 0 Å². The summed E-state index contributed by atoms with van der Waals surface area (Å²) in [5, 5.41) is 7.01. The number of ether oxygens (including phenoxy) is 2. The Morgan fingerprint density at radius 2 is 1.88 bits per heavy atom. The van der Waals surface area contributed by atoms with Crippen LogP contribution < -0.4 is 20.3 Å². The smallest absolute Gasteiger partial charge is 0.191 e. The Morgan fingerprint density at radius 3 is 2.59 bits per heavy atom. The van der Waals surface area contributed by atoms with E-state index in [1.807, 2.05) is 19.2 Å². The molecule has 7 heteroatoms. The predicted octanol–water partition coefficient (Wildman–Crippen LogP) is 4.57. The van der Waals surface area contributed by atoms with Crippen LogP contribution in [0.15, 0.2) is 53.5 Å². The van der Waals surface area contributed by atoms with E-state index in [0.29, 0.717) is 19.2 Å². The quantitative estimate of drug-likeness (QED) is 0.300. The topological polar surface area (TPSA) is 58.1 Å². The van der Waals surface area contributed by atoms with Crippen molar-refractivity contribution in [3.05, 3.63) is 59.7 Å². The number of anilines is 1. The van der Waals surface area contributed by atoms with Crippen LogP contribution in [0.5, 0.6) is 5.75 Å². The van der Waals surface area contributed by atoms with Crippen molar-refractivity contribution in [1.82, 2.24) is 10.6 Å². The lowest BCUT2D eigenvalue weighted by Crippen LogP contribution is -2.44. The highest BCUT2D eigenvalue weighted by Crippen LogP contribution is 2.30. The second-order valence-electron chi connectivity index (χ2n) is 8.89. The van der Waals surface area contributed by atoms with Crippen LogP contribution in [0.1, 0.15) is 38.3 Å². The monoisotopic (exact) mass is 552 g/mol. The highest BCUT2D eigenvalue weighted by Gasteiger charge is 2.25. The minimum atomic E-state index is -0.140. The first-order valence-corrected chi connectivity index (χ1v) is 10.9. The summed E-state index contributed by atoms with van der Waals surface area (Å²) in [6, 6.07) is 17.0. The zero-order valence-corrected chi connectivity index (χ0v) is 22.2. The number of para-hydroxylation sites is 2. The molecule has 0 amide bonds. The Morgan fingerprint density at radius 1 is 1.12 bits per heavy atom. The molecule has 6 nitrogen and oxygen atoms in total. The number of hydrogen-bond acceptors (Lipinski definition) is 4. The van der Waals surface area contributed by atoms with Gasteiger partial charge in [-0.1, -0.05) is 36.4 Å². The largest absolute Gasteiger partial charge is 0.495 e. The normalized spacial score (nSPS) is 16.5. The molecule has 1 aliphatic rings. The molecule has 0 radical (unpaired) electrons. The Hall–Kier alpha value is -2.00. The van der Waals surface area contributed by atoms with Crippen LogP contribution in [0.3, 0.4) is 0 Å². The summed E-state index contributed by atoms with van der Waals surface area (Å²) in [5.74, 6) is 1.74. The number of benzene rings is 2. The van der Waals surface area contributed by atoms with Crippen molar-refractivity contribution in [2.75, 3.05) is 32.1 Å². The van der Waals surface area contributed by atoms with Gasteiger partial charge in [0.15, 0.2) is 5.96 Å². The molecule has 0 aromatic heterocycles. The van der Waals surface area contributed by atoms with Crippen LogP contribution in [0.25, 0.3) is 0 Å². The van der Waals surface area contributed by atoms with Crippen LogP contribution in [-0.4, -0.2) is 44.8 Å². The molecule has 0 saturated carbocycles. The van der Waals surface area contributed by atoms with E-state index >= 15 is 0 Å². The first-order valence-electron chi connectivity index (χ1n) is 10.9. The fourth-order valence-electron chi connectivity index (χ4n) is 3.69. The molecule has 3 rings (SSSR count). The van der Waals surface area contributed by atoms with Crippen molar-refractivity contribution in [2.45, 2.75) is 52.0 Å². The average Bonchev–Trinajstić information content (AvgIpc) is 3.23. The molecule has 2 N–H and O–H groups in total. The molecule has 2 aromatic rings. The third kappa shape index (κ3) is 7.85. The van der Waals surface area contributed by atoms with Gasteiger partial charge in [0.25, 0.3) is 0 Å². The zero-order chi connectivity index (χ0) is 22.3. The van der Waals surface area contributed by atoms with Gasteiger partial charge in [0.05, 0.1) is 25.0 Å². The van der Waals surface area contributed by atoms with E-state index in [9.17, 15) is 0 Å². The Labute approximate surface area is 209 Å². The van der Waals surface area contributed by atoms with E-state index in [2.05, 4.69) is 77.7 Å². The van der Waals surface area contributed by atoms with Crippen LogP contribution in [0.2, 0.25) is 0 Å². The van der Waals surface area contributed by atoms with Crippen molar-refractivity contribution in [3.63, 3.8) is 0 Å². The van der Waals surface area contributed by atoms with E-state index in [-0.39, 0.29) is 29.6 Å². The highest BCUT2D eigenvalue weighted by atomic mass is 127. The second-order valence-corrected chi connectivity index (χ2v) is 8.89. The summed E-state index contributed by atoms with van der Waals surface area (Å²) in [6.45, 7) is 9.47. The first kappa shape index (κ1) is 26.3. The van der Waals surface area contributed by atoms with Gasteiger partial charge in [-0.25, -0.2) is 0 Å². The number of nitrogens with zero attached hydrogens (tertiary/aromatic N) is 2. The maximum absolute atomic E-state index is 5.90. The molecule has 0 aliphatic carbocycles. The lowest BCUT2D eigenvalue weighted by molar-refractivity contribution is -0.0149. The molecule has 1 unspecified atom stereocenters. The fraction of sp³-hybridized carbons (Fsp3) is 0.480. The maximum Gasteiger partial charge on any atom is 0.191 e. The van der Waals surface area contributed by atoms with E-state index in [1.54, 1.807) is 7.11 Å². The van der Waals surface area contributed by atoms with Crippen molar-refractivity contribution >= 4 is 35.6 Å². The van der Waals surface area contributed by atoms with Crippen molar-refractivity contribution in [2.24, 2.45) is 4.99 Å². The Kier molecular flexibility index (Phi) is 10.1. The van der Waals surface area contributed by atoms with E-state index in [4.69, 9.17) is 9.47 Å². The molecule has 0 bridgehead atoms. The van der Waals surface area contributed by atoms with Gasteiger partial charge in [-0.2, -0.15) is 0 Å². The number of hydrogen-bond donors (Lipinski definition) is 2. The molecule has 0 spiro atoms. The van der Waals surface area contributed by atoms with Crippen LogP contribution in [0.4, 0.5) is 5.69 Å². The molecule has 1 atom stereocenters. The summed E-state index contributed by atoms with van der Waals surface area (Å²) >= 11 is 0. The molecule has 176 valence electrons. The van der Waals surface area contributed by atoms with Gasteiger partial charge in [0.2, 0.25) is 0 Å². The van der Waals surface area contributed by atoms with E-state index < -0.39 is 0 Å². The van der Waals surface area contributed by atoms with Gasteiger partial charge in [-0.15, -0.1) is 24.0 Å². The summed E-state index contributed by atoms with van der Waals surface area (Å²) in [4.78, 5) is 6.78. The van der Waals surface area contributed by atoms with Crippen molar-refractivity contribution in [1.29, 1.82) is 0 Å². The molecule has 1 fully saturated rings. The lowest BCUT2D eigenvalue weighted by atomic mass is 10.1. The highest BCUT2D eigenvalue weighted by molar-refractivity contribution is 14.0. The van der Waals surface area contributed by atoms with Crippen molar-refractivity contribution in [3.8, 4) is 5.75 Å².